The maximum Gasteiger partial charge on any atom is 0.267 e. The minimum absolute atomic E-state index is 0.0579. The summed E-state index contributed by atoms with van der Waals surface area (Å²) in [5, 5.41) is 4.56. The van der Waals surface area contributed by atoms with Crippen LogP contribution in [0.2, 0.25) is 0 Å². The fourth-order valence-electron chi connectivity index (χ4n) is 1.42. The van der Waals surface area contributed by atoms with Gasteiger partial charge in [0, 0.05) is 29.6 Å². The SMILES string of the molecule is CN(C)NC(=O)c1csc2ccccc12. The molecule has 0 unspecified atom stereocenters. The van der Waals surface area contributed by atoms with Gasteiger partial charge in [0.25, 0.3) is 5.91 Å². The Hall–Kier alpha value is -1.39. The van der Waals surface area contributed by atoms with Crippen LogP contribution in [-0.4, -0.2) is 25.0 Å². The Kier molecular flexibility index (Phi) is 2.70. The predicted molar refractivity (Wildman–Crippen MR) is 63.0 cm³/mol. The van der Waals surface area contributed by atoms with Crippen molar-refractivity contribution in [1.29, 1.82) is 0 Å². The lowest BCUT2D eigenvalue weighted by atomic mass is 10.2. The topological polar surface area (TPSA) is 32.3 Å². The zero-order valence-electron chi connectivity index (χ0n) is 8.65. The second-order valence-electron chi connectivity index (χ2n) is 3.48. The van der Waals surface area contributed by atoms with E-state index in [9.17, 15) is 4.79 Å². The van der Waals surface area contributed by atoms with Gasteiger partial charge in [-0.25, -0.2) is 5.01 Å². The summed E-state index contributed by atoms with van der Waals surface area (Å²) in [7, 11) is 3.60. The van der Waals surface area contributed by atoms with Crippen LogP contribution in [0, 0.1) is 0 Å². The number of hydrazine groups is 1. The lowest BCUT2D eigenvalue weighted by molar-refractivity contribution is 0.0859. The highest BCUT2D eigenvalue weighted by atomic mass is 32.1. The molecule has 0 aliphatic carbocycles. The van der Waals surface area contributed by atoms with E-state index in [2.05, 4.69) is 5.43 Å². The first-order valence-electron chi connectivity index (χ1n) is 4.63. The van der Waals surface area contributed by atoms with Crippen molar-refractivity contribution in [3.63, 3.8) is 0 Å². The van der Waals surface area contributed by atoms with Gasteiger partial charge in [-0.15, -0.1) is 11.3 Å². The van der Waals surface area contributed by atoms with Crippen LogP contribution in [0.1, 0.15) is 10.4 Å². The number of benzene rings is 1. The largest absolute Gasteiger partial charge is 0.285 e. The van der Waals surface area contributed by atoms with E-state index in [1.54, 1.807) is 30.4 Å². The molecule has 1 heterocycles. The van der Waals surface area contributed by atoms with Gasteiger partial charge in [0.05, 0.1) is 5.56 Å². The number of rotatable bonds is 2. The molecule has 0 saturated heterocycles. The van der Waals surface area contributed by atoms with Crippen molar-refractivity contribution in [2.24, 2.45) is 0 Å². The minimum atomic E-state index is -0.0579. The molecule has 0 aliphatic heterocycles. The Balaban J connectivity index is 2.40. The molecule has 0 saturated carbocycles. The van der Waals surface area contributed by atoms with Crippen LogP contribution in [0.5, 0.6) is 0 Å². The zero-order chi connectivity index (χ0) is 10.8. The van der Waals surface area contributed by atoms with Crippen molar-refractivity contribution in [3.8, 4) is 0 Å². The van der Waals surface area contributed by atoms with Gasteiger partial charge >= 0.3 is 0 Å². The summed E-state index contributed by atoms with van der Waals surface area (Å²) in [5.41, 5.74) is 3.48. The second-order valence-corrected chi connectivity index (χ2v) is 4.39. The maximum absolute atomic E-state index is 11.8. The van der Waals surface area contributed by atoms with Gasteiger partial charge in [-0.1, -0.05) is 18.2 Å². The molecule has 0 aliphatic rings. The van der Waals surface area contributed by atoms with Crippen LogP contribution in [-0.2, 0) is 0 Å². The molecule has 15 heavy (non-hydrogen) atoms. The molecule has 0 atom stereocenters. The lowest BCUT2D eigenvalue weighted by Crippen LogP contribution is -2.35. The molecule has 0 spiro atoms. The highest BCUT2D eigenvalue weighted by Gasteiger charge is 2.11. The first-order valence-corrected chi connectivity index (χ1v) is 5.51. The fourth-order valence-corrected chi connectivity index (χ4v) is 2.36. The molecule has 0 radical (unpaired) electrons. The van der Waals surface area contributed by atoms with Crippen LogP contribution in [0.15, 0.2) is 29.6 Å². The molecule has 1 aromatic carbocycles. The standard InChI is InChI=1S/C11H12N2OS/c1-13(2)12-11(14)9-7-15-10-6-4-3-5-8(9)10/h3-7H,1-2H3,(H,12,14). The molecular formula is C11H12N2OS. The van der Waals surface area contributed by atoms with Gasteiger partial charge < -0.3 is 0 Å². The van der Waals surface area contributed by atoms with Gasteiger partial charge in [-0.3, -0.25) is 10.2 Å². The van der Waals surface area contributed by atoms with Crippen molar-refractivity contribution in [2.75, 3.05) is 14.1 Å². The summed E-state index contributed by atoms with van der Waals surface area (Å²) in [4.78, 5) is 11.8. The third-order valence-corrected chi connectivity index (χ3v) is 3.01. The van der Waals surface area contributed by atoms with Gasteiger partial charge in [-0.2, -0.15) is 0 Å². The summed E-state index contributed by atoms with van der Waals surface area (Å²) < 4.78 is 1.14. The number of hydrogen-bond donors (Lipinski definition) is 1. The van der Waals surface area contributed by atoms with E-state index in [-0.39, 0.29) is 5.91 Å². The first kappa shape index (κ1) is 10.1. The minimum Gasteiger partial charge on any atom is -0.285 e. The van der Waals surface area contributed by atoms with Gasteiger partial charge in [0.2, 0.25) is 0 Å². The average molecular weight is 220 g/mol. The lowest BCUT2D eigenvalue weighted by Gasteiger charge is -2.10. The molecule has 0 bridgehead atoms. The van der Waals surface area contributed by atoms with Gasteiger partial charge in [0.1, 0.15) is 0 Å². The number of carbonyl (C=O) groups is 1. The predicted octanol–water partition coefficient (Wildman–Crippen LogP) is 2.11. The van der Waals surface area contributed by atoms with E-state index < -0.39 is 0 Å². The third kappa shape index (κ3) is 2.00. The first-order chi connectivity index (χ1) is 7.18. The fraction of sp³-hybridized carbons (Fsp3) is 0.182. The van der Waals surface area contributed by atoms with Crippen molar-refractivity contribution in [2.45, 2.75) is 0 Å². The summed E-state index contributed by atoms with van der Waals surface area (Å²) in [6, 6.07) is 7.91. The van der Waals surface area contributed by atoms with Crippen LogP contribution in [0.3, 0.4) is 0 Å². The van der Waals surface area contributed by atoms with Crippen LogP contribution in [0.4, 0.5) is 0 Å². The number of nitrogens with zero attached hydrogens (tertiary/aromatic N) is 1. The highest BCUT2D eigenvalue weighted by Crippen LogP contribution is 2.25. The van der Waals surface area contributed by atoms with Crippen LogP contribution >= 0.6 is 11.3 Å². The monoisotopic (exact) mass is 220 g/mol. The molecule has 1 aromatic heterocycles. The van der Waals surface area contributed by atoms with E-state index >= 15 is 0 Å². The quantitative estimate of drug-likeness (QED) is 0.786. The van der Waals surface area contributed by atoms with Gasteiger partial charge in [-0.05, 0) is 6.07 Å². The normalized spacial score (nSPS) is 10.9. The summed E-state index contributed by atoms with van der Waals surface area (Å²) in [6.07, 6.45) is 0. The van der Waals surface area contributed by atoms with E-state index in [1.165, 1.54) is 0 Å². The Morgan fingerprint density at radius 1 is 1.33 bits per heavy atom. The van der Waals surface area contributed by atoms with Crippen LogP contribution in [0.25, 0.3) is 10.1 Å². The number of nitrogens with one attached hydrogen (secondary N) is 1. The summed E-state index contributed by atoms with van der Waals surface area (Å²) in [6.45, 7) is 0. The maximum atomic E-state index is 11.8. The molecule has 1 amide bonds. The van der Waals surface area contributed by atoms with E-state index in [0.717, 1.165) is 15.6 Å². The molecule has 4 heteroatoms. The van der Waals surface area contributed by atoms with E-state index in [0.29, 0.717) is 0 Å². The number of thiophene rings is 1. The molecule has 78 valence electrons. The van der Waals surface area contributed by atoms with Gasteiger partial charge in [0.15, 0.2) is 0 Å². The molecule has 0 fully saturated rings. The molecule has 2 rings (SSSR count). The smallest absolute Gasteiger partial charge is 0.267 e. The molecule has 1 N–H and O–H groups in total. The summed E-state index contributed by atoms with van der Waals surface area (Å²) >= 11 is 1.59. The number of carbonyl (C=O) groups excluding carboxylic acids is 1. The number of amides is 1. The third-order valence-electron chi connectivity index (χ3n) is 2.05. The Labute approximate surface area is 92.3 Å². The van der Waals surface area contributed by atoms with Crippen LogP contribution < -0.4 is 5.43 Å². The average Bonchev–Trinajstić information content (AvgIpc) is 2.59. The van der Waals surface area contributed by atoms with Crippen molar-refractivity contribution in [1.82, 2.24) is 10.4 Å². The number of hydrogen-bond acceptors (Lipinski definition) is 3. The Morgan fingerprint density at radius 2 is 2.07 bits per heavy atom. The summed E-state index contributed by atoms with van der Waals surface area (Å²) in [5.74, 6) is -0.0579. The highest BCUT2D eigenvalue weighted by molar-refractivity contribution is 7.17. The van der Waals surface area contributed by atoms with Crippen molar-refractivity contribution >= 4 is 27.3 Å². The number of fused-ring (bicyclic) bond motifs is 1. The van der Waals surface area contributed by atoms with E-state index in [1.807, 2.05) is 29.6 Å². The van der Waals surface area contributed by atoms with Crippen molar-refractivity contribution in [3.05, 3.63) is 35.2 Å². The Morgan fingerprint density at radius 3 is 2.80 bits per heavy atom. The Bertz CT molecular complexity index is 490. The second kappa shape index (κ2) is 4.00. The van der Waals surface area contributed by atoms with Crippen molar-refractivity contribution < 1.29 is 4.79 Å². The molecule has 3 nitrogen and oxygen atoms in total. The molecular weight excluding hydrogens is 208 g/mol. The zero-order valence-corrected chi connectivity index (χ0v) is 9.47. The van der Waals surface area contributed by atoms with E-state index in [4.69, 9.17) is 0 Å². The molecule has 2 aromatic rings.